The first-order valence-electron chi connectivity index (χ1n) is 6.72. The number of rotatable bonds is 6. The van der Waals surface area contributed by atoms with Gasteiger partial charge in [0.1, 0.15) is 0 Å². The van der Waals surface area contributed by atoms with Crippen molar-refractivity contribution in [1.29, 1.82) is 0 Å². The number of carbonyl (C=O) groups excluding carboxylic acids is 1. The fourth-order valence-corrected chi connectivity index (χ4v) is 2.19. The Hall–Kier alpha value is -0.610. The molecule has 1 aliphatic rings. The number of carbonyl (C=O) groups is 1. The van der Waals surface area contributed by atoms with Crippen LogP contribution in [-0.2, 0) is 4.79 Å². The standard InChI is InChI=1S/C13H26N2O2/c1-9(8-16)10(2)14-11(3)13(17)15-12-6-4-5-7-12/h9-12,14,16H,4-8H2,1-3H3,(H,15,17). The maximum atomic E-state index is 11.9. The van der Waals surface area contributed by atoms with Crippen molar-refractivity contribution < 1.29 is 9.90 Å². The van der Waals surface area contributed by atoms with Crippen LogP contribution in [0, 0.1) is 5.92 Å². The van der Waals surface area contributed by atoms with Crippen molar-refractivity contribution in [3.8, 4) is 0 Å². The zero-order valence-corrected chi connectivity index (χ0v) is 11.2. The minimum atomic E-state index is -0.195. The summed E-state index contributed by atoms with van der Waals surface area (Å²) in [5.41, 5.74) is 0. The van der Waals surface area contributed by atoms with Crippen LogP contribution in [0.5, 0.6) is 0 Å². The molecule has 0 aromatic heterocycles. The van der Waals surface area contributed by atoms with Crippen LogP contribution >= 0.6 is 0 Å². The van der Waals surface area contributed by atoms with E-state index in [1.807, 2.05) is 20.8 Å². The van der Waals surface area contributed by atoms with Gasteiger partial charge in [-0.3, -0.25) is 4.79 Å². The highest BCUT2D eigenvalue weighted by Gasteiger charge is 2.22. The van der Waals surface area contributed by atoms with E-state index in [4.69, 9.17) is 5.11 Å². The molecule has 0 heterocycles. The Kier molecular flexibility index (Phi) is 5.92. The summed E-state index contributed by atoms with van der Waals surface area (Å²) in [6.07, 6.45) is 4.68. The lowest BCUT2D eigenvalue weighted by molar-refractivity contribution is -0.123. The van der Waals surface area contributed by atoms with Crippen molar-refractivity contribution in [3.63, 3.8) is 0 Å². The monoisotopic (exact) mass is 242 g/mol. The van der Waals surface area contributed by atoms with Crippen LogP contribution in [0.3, 0.4) is 0 Å². The van der Waals surface area contributed by atoms with Gasteiger partial charge in [0.15, 0.2) is 0 Å². The van der Waals surface area contributed by atoms with Crippen molar-refractivity contribution in [3.05, 3.63) is 0 Å². The molecule has 0 spiro atoms. The smallest absolute Gasteiger partial charge is 0.237 e. The molecule has 0 radical (unpaired) electrons. The minimum absolute atomic E-state index is 0.0777. The molecule has 0 aromatic carbocycles. The van der Waals surface area contributed by atoms with Gasteiger partial charge >= 0.3 is 0 Å². The lowest BCUT2D eigenvalue weighted by Crippen LogP contribution is -2.50. The van der Waals surface area contributed by atoms with Gasteiger partial charge in [-0.1, -0.05) is 19.8 Å². The van der Waals surface area contributed by atoms with Crippen LogP contribution in [0.25, 0.3) is 0 Å². The third-order valence-corrected chi connectivity index (χ3v) is 3.75. The van der Waals surface area contributed by atoms with Crippen LogP contribution in [0.4, 0.5) is 0 Å². The molecular weight excluding hydrogens is 216 g/mol. The largest absolute Gasteiger partial charge is 0.396 e. The summed E-state index contributed by atoms with van der Waals surface area (Å²) < 4.78 is 0. The van der Waals surface area contributed by atoms with Gasteiger partial charge in [-0.25, -0.2) is 0 Å². The molecule has 1 rings (SSSR count). The normalized spacial score (nSPS) is 22.1. The van der Waals surface area contributed by atoms with Gasteiger partial charge in [-0.05, 0) is 32.6 Å². The van der Waals surface area contributed by atoms with Gasteiger partial charge in [0, 0.05) is 18.7 Å². The molecule has 0 saturated heterocycles. The second kappa shape index (κ2) is 6.97. The molecule has 3 atom stereocenters. The molecule has 17 heavy (non-hydrogen) atoms. The Balaban J connectivity index is 2.30. The lowest BCUT2D eigenvalue weighted by Gasteiger charge is -2.24. The molecule has 1 saturated carbocycles. The molecule has 4 nitrogen and oxygen atoms in total. The summed E-state index contributed by atoms with van der Waals surface area (Å²) in [4.78, 5) is 11.9. The first-order chi connectivity index (χ1) is 8.04. The van der Waals surface area contributed by atoms with Crippen LogP contribution in [0.1, 0.15) is 46.5 Å². The Morgan fingerprint density at radius 1 is 1.29 bits per heavy atom. The topological polar surface area (TPSA) is 61.4 Å². The highest BCUT2D eigenvalue weighted by atomic mass is 16.3. The van der Waals surface area contributed by atoms with E-state index in [-0.39, 0.29) is 30.5 Å². The van der Waals surface area contributed by atoms with Gasteiger partial charge in [0.2, 0.25) is 5.91 Å². The number of hydrogen-bond donors (Lipinski definition) is 3. The molecule has 3 unspecified atom stereocenters. The van der Waals surface area contributed by atoms with Crippen molar-refractivity contribution >= 4 is 5.91 Å². The maximum absolute atomic E-state index is 11.9. The van der Waals surface area contributed by atoms with E-state index in [0.717, 1.165) is 12.8 Å². The van der Waals surface area contributed by atoms with Crippen molar-refractivity contribution in [2.24, 2.45) is 5.92 Å². The molecule has 100 valence electrons. The van der Waals surface area contributed by atoms with Crippen molar-refractivity contribution in [1.82, 2.24) is 10.6 Å². The van der Waals surface area contributed by atoms with E-state index in [2.05, 4.69) is 10.6 Å². The number of nitrogens with one attached hydrogen (secondary N) is 2. The molecule has 0 bridgehead atoms. The molecular formula is C13H26N2O2. The Labute approximate surface area is 104 Å². The molecule has 0 aliphatic heterocycles. The fourth-order valence-electron chi connectivity index (χ4n) is 2.19. The Morgan fingerprint density at radius 2 is 1.88 bits per heavy atom. The Morgan fingerprint density at radius 3 is 2.41 bits per heavy atom. The average Bonchev–Trinajstić information content (AvgIpc) is 2.80. The van der Waals surface area contributed by atoms with Gasteiger partial charge < -0.3 is 15.7 Å². The van der Waals surface area contributed by atoms with Crippen molar-refractivity contribution in [2.45, 2.75) is 64.6 Å². The van der Waals surface area contributed by atoms with E-state index in [1.54, 1.807) is 0 Å². The van der Waals surface area contributed by atoms with Crippen LogP contribution < -0.4 is 10.6 Å². The second-order valence-corrected chi connectivity index (χ2v) is 5.33. The Bertz CT molecular complexity index is 240. The predicted molar refractivity (Wildman–Crippen MR) is 68.7 cm³/mol. The quantitative estimate of drug-likeness (QED) is 0.652. The molecule has 1 aliphatic carbocycles. The fraction of sp³-hybridized carbons (Fsp3) is 0.923. The zero-order valence-electron chi connectivity index (χ0n) is 11.2. The number of amides is 1. The third-order valence-electron chi connectivity index (χ3n) is 3.75. The summed E-state index contributed by atoms with van der Waals surface area (Å²) in [6, 6.07) is 0.321. The zero-order chi connectivity index (χ0) is 12.8. The summed E-state index contributed by atoms with van der Waals surface area (Å²) >= 11 is 0. The summed E-state index contributed by atoms with van der Waals surface area (Å²) in [5.74, 6) is 0.241. The van der Waals surface area contributed by atoms with Gasteiger partial charge in [0.25, 0.3) is 0 Å². The van der Waals surface area contributed by atoms with Gasteiger partial charge in [-0.15, -0.1) is 0 Å². The van der Waals surface area contributed by atoms with Crippen molar-refractivity contribution in [2.75, 3.05) is 6.61 Å². The first-order valence-corrected chi connectivity index (χ1v) is 6.72. The molecule has 1 fully saturated rings. The van der Waals surface area contributed by atoms with Crippen LogP contribution in [-0.4, -0.2) is 35.7 Å². The van der Waals surface area contributed by atoms with Crippen LogP contribution in [0.15, 0.2) is 0 Å². The molecule has 4 heteroatoms. The number of aliphatic hydroxyl groups excluding tert-OH is 1. The van der Waals surface area contributed by atoms with E-state index >= 15 is 0 Å². The van der Waals surface area contributed by atoms with E-state index in [0.29, 0.717) is 6.04 Å². The highest BCUT2D eigenvalue weighted by molar-refractivity contribution is 5.81. The summed E-state index contributed by atoms with van der Waals surface area (Å²) in [7, 11) is 0. The van der Waals surface area contributed by atoms with Crippen LogP contribution in [0.2, 0.25) is 0 Å². The molecule has 1 amide bonds. The van der Waals surface area contributed by atoms with Gasteiger partial charge in [0.05, 0.1) is 6.04 Å². The summed E-state index contributed by atoms with van der Waals surface area (Å²) in [5, 5.41) is 15.4. The molecule has 0 aromatic rings. The highest BCUT2D eigenvalue weighted by Crippen LogP contribution is 2.17. The average molecular weight is 242 g/mol. The van der Waals surface area contributed by atoms with Gasteiger partial charge in [-0.2, -0.15) is 0 Å². The maximum Gasteiger partial charge on any atom is 0.237 e. The van der Waals surface area contributed by atoms with E-state index < -0.39 is 0 Å². The number of hydrogen-bond acceptors (Lipinski definition) is 3. The SMILES string of the molecule is CC(NC(C)C(C)CO)C(=O)NC1CCCC1. The van der Waals surface area contributed by atoms with E-state index in [1.165, 1.54) is 12.8 Å². The number of aliphatic hydroxyl groups is 1. The second-order valence-electron chi connectivity index (χ2n) is 5.33. The third kappa shape index (κ3) is 4.64. The molecule has 3 N–H and O–H groups in total. The minimum Gasteiger partial charge on any atom is -0.396 e. The lowest BCUT2D eigenvalue weighted by atomic mass is 10.0. The van der Waals surface area contributed by atoms with E-state index in [9.17, 15) is 4.79 Å². The summed E-state index contributed by atoms with van der Waals surface area (Å²) in [6.45, 7) is 6.00. The first kappa shape index (κ1) is 14.5. The predicted octanol–water partition coefficient (Wildman–Crippen LogP) is 1.04.